The average molecular weight is 252 g/mol. The monoisotopic (exact) mass is 252 g/mol. The maximum absolute atomic E-state index is 5.87. The molecule has 3 aromatic rings. The van der Waals surface area contributed by atoms with Crippen LogP contribution in [-0.2, 0) is 11.3 Å². The van der Waals surface area contributed by atoms with Crippen molar-refractivity contribution in [3.63, 3.8) is 0 Å². The van der Waals surface area contributed by atoms with Gasteiger partial charge in [-0.15, -0.1) is 0 Å². The van der Waals surface area contributed by atoms with Crippen molar-refractivity contribution in [2.45, 2.75) is 12.9 Å². The summed E-state index contributed by atoms with van der Waals surface area (Å²) in [7, 11) is 0. The molecule has 94 valence electrons. The fourth-order valence-electron chi connectivity index (χ4n) is 2.45. The van der Waals surface area contributed by atoms with Gasteiger partial charge in [0.25, 0.3) is 6.29 Å². The third-order valence-electron chi connectivity index (χ3n) is 3.39. The zero-order valence-corrected chi connectivity index (χ0v) is 10.2. The molecule has 0 bridgehead atoms. The summed E-state index contributed by atoms with van der Waals surface area (Å²) in [6, 6.07) is 16.0. The zero-order chi connectivity index (χ0) is 12.7. The summed E-state index contributed by atoms with van der Waals surface area (Å²) in [6.07, 6.45) is 1.17. The molecule has 0 saturated carbocycles. The molecular weight excluding hydrogens is 240 g/mol. The van der Waals surface area contributed by atoms with Gasteiger partial charge in [-0.2, -0.15) is 0 Å². The van der Waals surface area contributed by atoms with E-state index in [-0.39, 0.29) is 0 Å². The van der Waals surface area contributed by atoms with Crippen molar-refractivity contribution in [2.24, 2.45) is 0 Å². The Morgan fingerprint density at radius 1 is 0.947 bits per heavy atom. The third kappa shape index (κ3) is 1.71. The van der Waals surface area contributed by atoms with E-state index in [0.29, 0.717) is 12.4 Å². The van der Waals surface area contributed by atoms with Gasteiger partial charge in [-0.3, -0.25) is 0 Å². The molecule has 0 spiro atoms. The molecule has 0 fully saturated rings. The summed E-state index contributed by atoms with van der Waals surface area (Å²) in [6.45, 7) is 0.530. The fourth-order valence-corrected chi connectivity index (χ4v) is 2.45. The second-order valence-electron chi connectivity index (χ2n) is 4.54. The molecule has 3 nitrogen and oxygen atoms in total. The molecule has 1 aliphatic heterocycles. The van der Waals surface area contributed by atoms with Gasteiger partial charge in [0, 0.05) is 5.56 Å². The van der Waals surface area contributed by atoms with Crippen molar-refractivity contribution in [3.8, 4) is 5.75 Å². The first-order valence-corrected chi connectivity index (χ1v) is 6.24. The molecule has 0 radical (unpaired) electrons. The van der Waals surface area contributed by atoms with E-state index in [1.54, 1.807) is 6.26 Å². The summed E-state index contributed by atoms with van der Waals surface area (Å²) >= 11 is 0. The lowest BCUT2D eigenvalue weighted by Crippen LogP contribution is -2.17. The molecule has 1 aromatic heterocycles. The lowest BCUT2D eigenvalue weighted by atomic mass is 10.0. The largest absolute Gasteiger partial charge is 0.463 e. The van der Waals surface area contributed by atoms with Crippen LogP contribution >= 0.6 is 0 Å². The van der Waals surface area contributed by atoms with Crippen LogP contribution in [0.1, 0.15) is 17.6 Å². The van der Waals surface area contributed by atoms with Crippen LogP contribution in [0.2, 0.25) is 0 Å². The molecule has 3 heteroatoms. The average Bonchev–Trinajstić information content (AvgIpc) is 3.01. The molecule has 0 aliphatic carbocycles. The molecule has 0 N–H and O–H groups in total. The number of hydrogen-bond acceptors (Lipinski definition) is 3. The van der Waals surface area contributed by atoms with E-state index in [2.05, 4.69) is 18.2 Å². The minimum atomic E-state index is -0.455. The molecule has 1 atom stereocenters. The van der Waals surface area contributed by atoms with Crippen LogP contribution in [0.5, 0.6) is 5.75 Å². The zero-order valence-electron chi connectivity index (χ0n) is 10.2. The Balaban J connectivity index is 1.78. The maximum Gasteiger partial charge on any atom is 0.259 e. The lowest BCUT2D eigenvalue weighted by Gasteiger charge is -2.26. The van der Waals surface area contributed by atoms with Crippen molar-refractivity contribution in [1.29, 1.82) is 0 Å². The van der Waals surface area contributed by atoms with Gasteiger partial charge < -0.3 is 13.9 Å². The molecule has 0 amide bonds. The van der Waals surface area contributed by atoms with Crippen molar-refractivity contribution < 1.29 is 13.9 Å². The highest BCUT2D eigenvalue weighted by Gasteiger charge is 2.25. The quantitative estimate of drug-likeness (QED) is 0.655. The van der Waals surface area contributed by atoms with Crippen molar-refractivity contribution >= 4 is 10.8 Å². The highest BCUT2D eigenvalue weighted by Crippen LogP contribution is 2.37. The van der Waals surface area contributed by atoms with Gasteiger partial charge in [-0.25, -0.2) is 0 Å². The highest BCUT2D eigenvalue weighted by atomic mass is 16.7. The van der Waals surface area contributed by atoms with Crippen LogP contribution in [0.3, 0.4) is 0 Å². The summed E-state index contributed by atoms with van der Waals surface area (Å²) in [5.41, 5.74) is 1.10. The molecule has 4 rings (SSSR count). The smallest absolute Gasteiger partial charge is 0.259 e. The SMILES string of the molecule is c1coc(C2OCc3c(ccc4ccccc34)O2)c1. The van der Waals surface area contributed by atoms with Crippen LogP contribution in [0, 0.1) is 0 Å². The fraction of sp³-hybridized carbons (Fsp3) is 0.125. The van der Waals surface area contributed by atoms with Crippen LogP contribution < -0.4 is 4.74 Å². The second-order valence-corrected chi connectivity index (χ2v) is 4.54. The number of hydrogen-bond donors (Lipinski definition) is 0. The van der Waals surface area contributed by atoms with Gasteiger partial charge in [0.2, 0.25) is 0 Å². The highest BCUT2D eigenvalue weighted by molar-refractivity contribution is 5.87. The van der Waals surface area contributed by atoms with Gasteiger partial charge in [-0.05, 0) is 29.0 Å². The number of furan rings is 1. The molecule has 1 unspecified atom stereocenters. The van der Waals surface area contributed by atoms with E-state index in [9.17, 15) is 0 Å². The van der Waals surface area contributed by atoms with Gasteiger partial charge in [0.05, 0.1) is 12.9 Å². The Morgan fingerprint density at radius 3 is 2.79 bits per heavy atom. The van der Waals surface area contributed by atoms with Crippen molar-refractivity contribution in [3.05, 3.63) is 66.1 Å². The summed E-state index contributed by atoms with van der Waals surface area (Å²) in [5.74, 6) is 1.56. The maximum atomic E-state index is 5.87. The summed E-state index contributed by atoms with van der Waals surface area (Å²) < 4.78 is 16.9. The predicted molar refractivity (Wildman–Crippen MR) is 70.8 cm³/mol. The van der Waals surface area contributed by atoms with E-state index in [1.807, 2.05) is 30.3 Å². The van der Waals surface area contributed by atoms with E-state index < -0.39 is 6.29 Å². The number of benzene rings is 2. The van der Waals surface area contributed by atoms with Crippen LogP contribution in [0.25, 0.3) is 10.8 Å². The first kappa shape index (κ1) is 10.6. The Labute approximate surface area is 110 Å². The van der Waals surface area contributed by atoms with Gasteiger partial charge >= 0.3 is 0 Å². The van der Waals surface area contributed by atoms with E-state index >= 15 is 0 Å². The summed E-state index contributed by atoms with van der Waals surface area (Å²) in [5, 5.41) is 2.38. The van der Waals surface area contributed by atoms with Crippen LogP contribution in [-0.4, -0.2) is 0 Å². The Kier molecular flexibility index (Phi) is 2.32. The number of rotatable bonds is 1. The minimum absolute atomic E-state index is 0.455. The molecule has 2 aromatic carbocycles. The summed E-state index contributed by atoms with van der Waals surface area (Å²) in [4.78, 5) is 0. The standard InChI is InChI=1S/C16H12O3/c1-2-5-12-11(4-1)7-8-14-13(12)10-18-16(19-14)15-6-3-9-17-15/h1-9,16H,10H2. The third-order valence-corrected chi connectivity index (χ3v) is 3.39. The second kappa shape index (κ2) is 4.14. The molecular formula is C16H12O3. The minimum Gasteiger partial charge on any atom is -0.463 e. The lowest BCUT2D eigenvalue weighted by molar-refractivity contribution is -0.121. The first-order valence-electron chi connectivity index (χ1n) is 6.24. The predicted octanol–water partition coefficient (Wildman–Crippen LogP) is 4.04. The van der Waals surface area contributed by atoms with E-state index in [0.717, 1.165) is 11.3 Å². The first-order chi connectivity index (χ1) is 9.42. The van der Waals surface area contributed by atoms with Crippen LogP contribution in [0.15, 0.2) is 59.2 Å². The normalized spacial score (nSPS) is 18.0. The number of ether oxygens (including phenoxy) is 2. The van der Waals surface area contributed by atoms with Gasteiger partial charge in [0.1, 0.15) is 5.75 Å². The molecule has 1 aliphatic rings. The van der Waals surface area contributed by atoms with Gasteiger partial charge in [0.15, 0.2) is 5.76 Å². The van der Waals surface area contributed by atoms with Gasteiger partial charge in [-0.1, -0.05) is 30.3 Å². The Morgan fingerprint density at radius 2 is 1.89 bits per heavy atom. The molecule has 0 saturated heterocycles. The molecule has 19 heavy (non-hydrogen) atoms. The van der Waals surface area contributed by atoms with Crippen molar-refractivity contribution in [2.75, 3.05) is 0 Å². The van der Waals surface area contributed by atoms with E-state index in [1.165, 1.54) is 10.8 Å². The Bertz CT molecular complexity index is 716. The Hall–Kier alpha value is -2.26. The molecule has 2 heterocycles. The van der Waals surface area contributed by atoms with Crippen molar-refractivity contribution in [1.82, 2.24) is 0 Å². The number of fused-ring (bicyclic) bond motifs is 3. The topological polar surface area (TPSA) is 31.6 Å². The van der Waals surface area contributed by atoms with E-state index in [4.69, 9.17) is 13.9 Å². The van der Waals surface area contributed by atoms with Crippen LogP contribution in [0.4, 0.5) is 0 Å².